The van der Waals surface area contributed by atoms with Crippen molar-refractivity contribution in [3.8, 4) is 0 Å². The summed E-state index contributed by atoms with van der Waals surface area (Å²) in [5.74, 6) is -0.168. The molecule has 2 heterocycles. The van der Waals surface area contributed by atoms with Crippen molar-refractivity contribution in [2.45, 2.75) is 37.8 Å². The van der Waals surface area contributed by atoms with E-state index in [1.165, 1.54) is 4.90 Å². The monoisotopic (exact) mass is 376 g/mol. The van der Waals surface area contributed by atoms with Crippen LogP contribution < -0.4 is 5.32 Å². The number of nitrogens with zero attached hydrogens (tertiary/aromatic N) is 3. The summed E-state index contributed by atoms with van der Waals surface area (Å²) in [7, 11) is 0. The van der Waals surface area contributed by atoms with Crippen LogP contribution in [0.3, 0.4) is 0 Å². The number of nitrogens with one attached hydrogen (secondary N) is 1. The number of rotatable bonds is 3. The third kappa shape index (κ3) is 3.13. The van der Waals surface area contributed by atoms with Crippen LogP contribution in [0.4, 0.5) is 4.79 Å². The molecule has 2 aromatic rings. The molecule has 1 saturated carbocycles. The molecule has 1 aromatic heterocycles. The Morgan fingerprint density at radius 2 is 1.96 bits per heavy atom. The zero-order chi connectivity index (χ0) is 17.4. The van der Waals surface area contributed by atoms with E-state index in [-0.39, 0.29) is 34.9 Å². The van der Waals surface area contributed by atoms with Crippen molar-refractivity contribution in [1.29, 1.82) is 0 Å². The molecular formula is C16H16N4O3S2. The van der Waals surface area contributed by atoms with Crippen molar-refractivity contribution in [2.24, 2.45) is 0 Å². The van der Waals surface area contributed by atoms with Gasteiger partial charge in [0.15, 0.2) is 0 Å². The molecule has 1 aliphatic carbocycles. The van der Waals surface area contributed by atoms with Gasteiger partial charge in [-0.05, 0) is 31.0 Å². The minimum atomic E-state index is -0.252. The van der Waals surface area contributed by atoms with E-state index in [1.807, 2.05) is 0 Å². The lowest BCUT2D eigenvalue weighted by Crippen LogP contribution is -2.54. The van der Waals surface area contributed by atoms with Gasteiger partial charge in [-0.15, -0.1) is 0 Å². The first-order chi connectivity index (χ1) is 12.1. The highest BCUT2D eigenvalue weighted by atomic mass is 32.2. The maximum atomic E-state index is 12.7. The summed E-state index contributed by atoms with van der Waals surface area (Å²) in [5, 5.41) is 2.82. The summed E-state index contributed by atoms with van der Waals surface area (Å²) < 4.78 is 8.29. The lowest BCUT2D eigenvalue weighted by Gasteiger charge is -2.36. The second-order valence-electron chi connectivity index (χ2n) is 6.22. The summed E-state index contributed by atoms with van der Waals surface area (Å²) in [6, 6.07) is 4.75. The smallest absolute Gasteiger partial charge is 0.289 e. The Morgan fingerprint density at radius 1 is 1.16 bits per heavy atom. The molecule has 130 valence electrons. The minimum Gasteiger partial charge on any atom is -0.347 e. The fourth-order valence-corrected chi connectivity index (χ4v) is 4.73. The average molecular weight is 376 g/mol. The molecule has 7 nitrogen and oxygen atoms in total. The van der Waals surface area contributed by atoms with Crippen molar-refractivity contribution in [3.63, 3.8) is 0 Å². The fraction of sp³-hybridized carbons (Fsp3) is 0.438. The number of aromatic nitrogens is 2. The molecule has 1 saturated heterocycles. The largest absolute Gasteiger partial charge is 0.347 e. The molecule has 9 heteroatoms. The van der Waals surface area contributed by atoms with E-state index in [4.69, 9.17) is 0 Å². The molecule has 1 N–H and O–H groups in total. The molecule has 2 fully saturated rings. The number of fused-ring (bicyclic) bond motifs is 1. The van der Waals surface area contributed by atoms with Gasteiger partial charge in [0.2, 0.25) is 5.91 Å². The molecule has 25 heavy (non-hydrogen) atoms. The van der Waals surface area contributed by atoms with Gasteiger partial charge in [0.1, 0.15) is 11.0 Å². The first-order valence-corrected chi connectivity index (χ1v) is 9.87. The molecule has 0 spiro atoms. The van der Waals surface area contributed by atoms with E-state index >= 15 is 0 Å². The molecular weight excluding hydrogens is 360 g/mol. The molecule has 3 amide bonds. The number of thioether (sulfide) groups is 1. The molecule has 1 aromatic carbocycles. The Bertz CT molecular complexity index is 837. The molecule has 2 atom stereocenters. The van der Waals surface area contributed by atoms with Gasteiger partial charge in [-0.25, -0.2) is 0 Å². The van der Waals surface area contributed by atoms with Crippen molar-refractivity contribution >= 4 is 51.6 Å². The number of carbonyl (C=O) groups excluding carboxylic acids is 3. The molecule has 2 aliphatic rings. The van der Waals surface area contributed by atoms with Crippen LogP contribution in [-0.2, 0) is 4.79 Å². The van der Waals surface area contributed by atoms with E-state index in [2.05, 4.69) is 14.1 Å². The fourth-order valence-electron chi connectivity index (χ4n) is 3.45. The van der Waals surface area contributed by atoms with Crippen LogP contribution in [0.15, 0.2) is 18.2 Å². The quantitative estimate of drug-likeness (QED) is 0.884. The second kappa shape index (κ2) is 6.72. The lowest BCUT2D eigenvalue weighted by molar-refractivity contribution is -0.127. The molecule has 0 unspecified atom stereocenters. The van der Waals surface area contributed by atoms with Gasteiger partial charge in [-0.1, -0.05) is 24.6 Å². The number of benzene rings is 1. The van der Waals surface area contributed by atoms with E-state index < -0.39 is 0 Å². The van der Waals surface area contributed by atoms with Crippen molar-refractivity contribution in [2.75, 3.05) is 5.75 Å². The van der Waals surface area contributed by atoms with Crippen LogP contribution >= 0.6 is 23.5 Å². The molecule has 0 radical (unpaired) electrons. The molecule has 0 bridgehead atoms. The zero-order valence-corrected chi connectivity index (χ0v) is 14.9. The number of hydrogen-bond acceptors (Lipinski definition) is 7. The third-order valence-corrected chi connectivity index (χ3v) is 6.07. The molecule has 1 aliphatic heterocycles. The predicted molar refractivity (Wildman–Crippen MR) is 95.6 cm³/mol. The van der Waals surface area contributed by atoms with Gasteiger partial charge < -0.3 is 5.32 Å². The topological polar surface area (TPSA) is 92.3 Å². The van der Waals surface area contributed by atoms with Crippen LogP contribution in [0, 0.1) is 0 Å². The predicted octanol–water partition coefficient (Wildman–Crippen LogP) is 2.43. The molecule has 4 rings (SSSR count). The van der Waals surface area contributed by atoms with E-state index in [0.29, 0.717) is 11.1 Å². The Balaban J connectivity index is 1.53. The van der Waals surface area contributed by atoms with Gasteiger partial charge >= 0.3 is 0 Å². The van der Waals surface area contributed by atoms with Crippen molar-refractivity contribution in [1.82, 2.24) is 19.0 Å². The maximum absolute atomic E-state index is 12.7. The van der Waals surface area contributed by atoms with Gasteiger partial charge in [0, 0.05) is 5.56 Å². The normalized spacial score (nSPS) is 24.1. The Kier molecular flexibility index (Phi) is 4.43. The van der Waals surface area contributed by atoms with E-state index in [0.717, 1.165) is 54.7 Å². The van der Waals surface area contributed by atoms with Gasteiger partial charge in [-0.3, -0.25) is 19.3 Å². The highest BCUT2D eigenvalue weighted by molar-refractivity contribution is 8.14. The number of imide groups is 1. The lowest BCUT2D eigenvalue weighted by atomic mass is 9.89. The van der Waals surface area contributed by atoms with Crippen molar-refractivity contribution in [3.05, 3.63) is 23.8 Å². The van der Waals surface area contributed by atoms with Crippen LogP contribution in [0.1, 0.15) is 36.0 Å². The summed E-state index contributed by atoms with van der Waals surface area (Å²) in [6.45, 7) is 0. The number of hydrogen-bond donors (Lipinski definition) is 1. The van der Waals surface area contributed by atoms with Gasteiger partial charge in [-0.2, -0.15) is 8.75 Å². The highest BCUT2D eigenvalue weighted by Gasteiger charge is 2.41. The number of carbonyl (C=O) groups is 3. The van der Waals surface area contributed by atoms with E-state index in [9.17, 15) is 14.4 Å². The Hall–Kier alpha value is -2.00. The summed E-state index contributed by atoms with van der Waals surface area (Å²) in [6.07, 6.45) is 3.42. The average Bonchev–Trinajstić information content (AvgIpc) is 3.21. The van der Waals surface area contributed by atoms with Crippen LogP contribution in [0.25, 0.3) is 11.0 Å². The van der Waals surface area contributed by atoms with Gasteiger partial charge in [0.25, 0.3) is 11.1 Å². The maximum Gasteiger partial charge on any atom is 0.289 e. The first kappa shape index (κ1) is 16.5. The number of amides is 3. The third-order valence-electron chi connectivity index (χ3n) is 4.68. The minimum absolute atomic E-state index is 0.156. The Morgan fingerprint density at radius 3 is 2.76 bits per heavy atom. The Labute approximate surface area is 152 Å². The standard InChI is InChI=1S/C16H16N4O3S2/c21-14-8-24-16(23)20(14)13-4-2-1-3-11(13)17-15(22)9-5-6-10-12(7-9)19-25-18-10/h5-7,11,13H,1-4,8H2,(H,17,22)/t11-,13-/m1/s1. The first-order valence-electron chi connectivity index (χ1n) is 8.15. The van der Waals surface area contributed by atoms with E-state index in [1.54, 1.807) is 18.2 Å². The van der Waals surface area contributed by atoms with Crippen molar-refractivity contribution < 1.29 is 14.4 Å². The summed E-state index contributed by atoms with van der Waals surface area (Å²) in [5.41, 5.74) is 1.97. The van der Waals surface area contributed by atoms with Crippen LogP contribution in [0.2, 0.25) is 0 Å². The summed E-state index contributed by atoms with van der Waals surface area (Å²) in [4.78, 5) is 38.1. The summed E-state index contributed by atoms with van der Waals surface area (Å²) >= 11 is 2.15. The second-order valence-corrected chi connectivity index (χ2v) is 7.67. The zero-order valence-electron chi connectivity index (χ0n) is 13.3. The van der Waals surface area contributed by atoms with Gasteiger partial charge in [0.05, 0.1) is 29.6 Å². The van der Waals surface area contributed by atoms with Crippen LogP contribution in [-0.4, -0.2) is 48.5 Å². The SMILES string of the molecule is O=C(N[C@@H]1CCCC[C@H]1N1C(=O)CSC1=O)c1ccc2nsnc2c1. The highest BCUT2D eigenvalue weighted by Crippen LogP contribution is 2.30. The van der Waals surface area contributed by atoms with Crippen LogP contribution in [0.5, 0.6) is 0 Å².